The number of hydrogen-bond donors (Lipinski definition) is 0. The zero-order valence-corrected chi connectivity index (χ0v) is 11.6. The van der Waals surface area contributed by atoms with Crippen LogP contribution >= 0.6 is 0 Å². The van der Waals surface area contributed by atoms with E-state index in [1.54, 1.807) is 18.6 Å². The molecule has 0 N–H and O–H groups in total. The molecule has 22 heavy (non-hydrogen) atoms. The molecular weight excluding hydrogens is 292 g/mol. The number of halogens is 2. The lowest BCUT2D eigenvalue weighted by atomic mass is 10.1. The molecule has 0 saturated carbocycles. The summed E-state index contributed by atoms with van der Waals surface area (Å²) >= 11 is 0. The van der Waals surface area contributed by atoms with Gasteiger partial charge in [-0.25, -0.2) is 8.78 Å². The fraction of sp³-hybridized carbons (Fsp3) is 0.267. The monoisotopic (exact) mass is 305 g/mol. The molecule has 1 fully saturated rings. The summed E-state index contributed by atoms with van der Waals surface area (Å²) < 4.78 is 32.1. The fourth-order valence-electron chi connectivity index (χ4n) is 2.35. The van der Waals surface area contributed by atoms with Crippen molar-refractivity contribution in [1.82, 2.24) is 14.9 Å². The Morgan fingerprint density at radius 1 is 1.23 bits per heavy atom. The second kappa shape index (κ2) is 6.15. The highest BCUT2D eigenvalue weighted by atomic mass is 19.1. The summed E-state index contributed by atoms with van der Waals surface area (Å²) in [6.07, 6.45) is 4.26. The van der Waals surface area contributed by atoms with E-state index in [9.17, 15) is 13.6 Å². The van der Waals surface area contributed by atoms with Crippen LogP contribution in [0.15, 0.2) is 36.8 Å². The molecule has 0 bridgehead atoms. The summed E-state index contributed by atoms with van der Waals surface area (Å²) in [5.74, 6) is -1.99. The van der Waals surface area contributed by atoms with Crippen molar-refractivity contribution in [2.45, 2.75) is 6.10 Å². The number of amides is 1. The van der Waals surface area contributed by atoms with Crippen LogP contribution in [-0.4, -0.2) is 40.5 Å². The van der Waals surface area contributed by atoms with Gasteiger partial charge >= 0.3 is 0 Å². The van der Waals surface area contributed by atoms with Gasteiger partial charge < -0.3 is 9.64 Å². The van der Waals surface area contributed by atoms with Gasteiger partial charge in [0.15, 0.2) is 0 Å². The summed E-state index contributed by atoms with van der Waals surface area (Å²) in [5, 5.41) is 0. The van der Waals surface area contributed by atoms with E-state index in [1.807, 2.05) is 0 Å². The van der Waals surface area contributed by atoms with Gasteiger partial charge in [-0.3, -0.25) is 14.8 Å². The van der Waals surface area contributed by atoms with Crippen molar-refractivity contribution in [3.05, 3.63) is 59.7 Å². The second-order valence-electron chi connectivity index (χ2n) is 4.90. The van der Waals surface area contributed by atoms with Crippen LogP contribution in [-0.2, 0) is 4.74 Å². The third-order valence-electron chi connectivity index (χ3n) is 3.38. The van der Waals surface area contributed by atoms with E-state index in [1.165, 1.54) is 4.90 Å². The molecule has 1 aromatic heterocycles. The molecule has 5 nitrogen and oxygen atoms in total. The Morgan fingerprint density at radius 3 is 2.68 bits per heavy atom. The number of ether oxygens (including phenoxy) is 1. The minimum Gasteiger partial charge on any atom is -0.368 e. The smallest absolute Gasteiger partial charge is 0.254 e. The molecule has 3 rings (SSSR count). The van der Waals surface area contributed by atoms with E-state index in [0.29, 0.717) is 18.8 Å². The van der Waals surface area contributed by atoms with Gasteiger partial charge in [0.2, 0.25) is 0 Å². The number of aromatic nitrogens is 2. The van der Waals surface area contributed by atoms with E-state index >= 15 is 0 Å². The summed E-state index contributed by atoms with van der Waals surface area (Å²) in [4.78, 5) is 22.0. The summed E-state index contributed by atoms with van der Waals surface area (Å²) in [6, 6.07) is 2.79. The second-order valence-corrected chi connectivity index (χ2v) is 4.90. The van der Waals surface area contributed by atoms with E-state index < -0.39 is 23.6 Å². The van der Waals surface area contributed by atoms with Gasteiger partial charge in [-0.15, -0.1) is 0 Å². The predicted octanol–water partition coefficient (Wildman–Crippen LogP) is 1.97. The molecule has 114 valence electrons. The molecule has 1 aromatic carbocycles. The quantitative estimate of drug-likeness (QED) is 0.851. The maximum atomic E-state index is 13.2. The van der Waals surface area contributed by atoms with Crippen LogP contribution in [0.4, 0.5) is 8.78 Å². The Kier molecular flexibility index (Phi) is 4.06. The van der Waals surface area contributed by atoms with E-state index in [-0.39, 0.29) is 12.1 Å². The van der Waals surface area contributed by atoms with Crippen molar-refractivity contribution in [3.63, 3.8) is 0 Å². The maximum absolute atomic E-state index is 13.2. The predicted molar refractivity (Wildman–Crippen MR) is 73.0 cm³/mol. The number of carbonyl (C=O) groups excluding carboxylic acids is 1. The molecule has 2 aromatic rings. The first kappa shape index (κ1) is 14.5. The summed E-state index contributed by atoms with van der Waals surface area (Å²) in [5.41, 5.74) is 0.600. The van der Waals surface area contributed by atoms with Crippen LogP contribution in [0.2, 0.25) is 0 Å². The van der Waals surface area contributed by atoms with Gasteiger partial charge in [-0.05, 0) is 12.1 Å². The largest absolute Gasteiger partial charge is 0.368 e. The maximum Gasteiger partial charge on any atom is 0.254 e. The summed E-state index contributed by atoms with van der Waals surface area (Å²) in [7, 11) is 0. The van der Waals surface area contributed by atoms with Crippen molar-refractivity contribution in [2.24, 2.45) is 0 Å². The first-order chi connectivity index (χ1) is 10.6. The van der Waals surface area contributed by atoms with Crippen molar-refractivity contribution < 1.29 is 18.3 Å². The molecule has 1 amide bonds. The van der Waals surface area contributed by atoms with Crippen LogP contribution in [0.3, 0.4) is 0 Å². The number of carbonyl (C=O) groups is 1. The Labute approximate surface area is 125 Å². The lowest BCUT2D eigenvalue weighted by molar-refractivity contribution is -0.0249. The molecule has 7 heteroatoms. The van der Waals surface area contributed by atoms with E-state index in [4.69, 9.17) is 4.74 Å². The zero-order chi connectivity index (χ0) is 15.5. The van der Waals surface area contributed by atoms with Crippen LogP contribution < -0.4 is 0 Å². The number of rotatable bonds is 2. The lowest BCUT2D eigenvalue weighted by Crippen LogP contribution is -2.42. The molecule has 2 heterocycles. The van der Waals surface area contributed by atoms with Gasteiger partial charge in [-0.1, -0.05) is 0 Å². The van der Waals surface area contributed by atoms with Crippen molar-refractivity contribution in [2.75, 3.05) is 19.7 Å². The molecule has 1 aliphatic rings. The highest BCUT2D eigenvalue weighted by molar-refractivity contribution is 5.94. The van der Waals surface area contributed by atoms with Gasteiger partial charge in [-0.2, -0.15) is 0 Å². The van der Waals surface area contributed by atoms with Crippen molar-refractivity contribution in [1.29, 1.82) is 0 Å². The molecule has 0 aliphatic carbocycles. The Morgan fingerprint density at radius 2 is 2.00 bits per heavy atom. The Hall–Kier alpha value is -2.41. The molecule has 0 radical (unpaired) electrons. The third-order valence-corrected chi connectivity index (χ3v) is 3.38. The number of benzene rings is 1. The number of morpholine rings is 1. The molecule has 1 saturated heterocycles. The van der Waals surface area contributed by atoms with Gasteiger partial charge in [0.05, 0.1) is 25.0 Å². The first-order valence-electron chi connectivity index (χ1n) is 6.76. The zero-order valence-electron chi connectivity index (χ0n) is 11.6. The highest BCUT2D eigenvalue weighted by Crippen LogP contribution is 2.21. The van der Waals surface area contributed by atoms with E-state index in [2.05, 4.69) is 9.97 Å². The first-order valence-corrected chi connectivity index (χ1v) is 6.76. The lowest BCUT2D eigenvalue weighted by Gasteiger charge is -2.32. The van der Waals surface area contributed by atoms with Gasteiger partial charge in [0.1, 0.15) is 17.7 Å². The van der Waals surface area contributed by atoms with Crippen LogP contribution in [0.1, 0.15) is 22.2 Å². The van der Waals surface area contributed by atoms with Gasteiger partial charge in [0, 0.05) is 30.6 Å². The fourth-order valence-corrected chi connectivity index (χ4v) is 2.35. The minimum absolute atomic E-state index is 0.0164. The van der Waals surface area contributed by atoms with Crippen molar-refractivity contribution in [3.8, 4) is 0 Å². The highest BCUT2D eigenvalue weighted by Gasteiger charge is 2.27. The van der Waals surface area contributed by atoms with Crippen molar-refractivity contribution >= 4 is 5.91 Å². The molecule has 1 aliphatic heterocycles. The number of nitrogens with zero attached hydrogens (tertiary/aromatic N) is 3. The third kappa shape index (κ3) is 3.09. The average molecular weight is 305 g/mol. The normalized spacial score (nSPS) is 18.3. The summed E-state index contributed by atoms with van der Waals surface area (Å²) in [6.45, 7) is 0.939. The Balaban J connectivity index is 1.78. The molecule has 0 spiro atoms. The van der Waals surface area contributed by atoms with Gasteiger partial charge in [0.25, 0.3) is 5.91 Å². The Bertz CT molecular complexity index is 661. The molecular formula is C15H13F2N3O2. The van der Waals surface area contributed by atoms with Crippen LogP contribution in [0, 0.1) is 11.6 Å². The standard InChI is InChI=1S/C15H13F2N3O2/c16-11-5-10(6-12(17)7-11)15(21)20-3-4-22-14(9-20)13-8-18-1-2-19-13/h1-2,5-8,14H,3-4,9H2/t14-/m0/s1. The minimum atomic E-state index is -0.776. The number of hydrogen-bond acceptors (Lipinski definition) is 4. The van der Waals surface area contributed by atoms with Crippen LogP contribution in [0.5, 0.6) is 0 Å². The average Bonchev–Trinajstić information content (AvgIpc) is 2.54. The molecule has 1 atom stereocenters. The van der Waals surface area contributed by atoms with E-state index in [0.717, 1.165) is 18.2 Å². The SMILES string of the molecule is O=C(c1cc(F)cc(F)c1)N1CCO[C@H](c2cnccn2)C1. The van der Waals surface area contributed by atoms with Crippen LogP contribution in [0.25, 0.3) is 0 Å². The topological polar surface area (TPSA) is 55.3 Å². The molecule has 0 unspecified atom stereocenters.